The molecule has 4 N–H and O–H groups in total. The molecular weight excluding hydrogens is 651 g/mol. The summed E-state index contributed by atoms with van der Waals surface area (Å²) in [5.41, 5.74) is 8.53. The number of nitrogens with zero attached hydrogens (tertiary/aromatic N) is 4. The molecule has 0 atom stereocenters. The molecule has 0 bridgehead atoms. The van der Waals surface area contributed by atoms with E-state index in [1.807, 2.05) is 0 Å². The minimum atomic E-state index is -4.39. The molecule has 0 radical (unpaired) electrons. The van der Waals surface area contributed by atoms with Crippen molar-refractivity contribution in [3.63, 3.8) is 0 Å². The summed E-state index contributed by atoms with van der Waals surface area (Å²) < 4.78 is 74.4. The van der Waals surface area contributed by atoms with Crippen LogP contribution in [0.25, 0.3) is 0 Å². The first-order valence-electron chi connectivity index (χ1n) is 13.1. The van der Waals surface area contributed by atoms with Crippen LogP contribution in [0.4, 0.5) is 17.1 Å². The van der Waals surface area contributed by atoms with Gasteiger partial charge in [-0.2, -0.15) is 39.7 Å². The minimum absolute atomic E-state index is 0.00790. The van der Waals surface area contributed by atoms with Crippen LogP contribution in [-0.4, -0.2) is 50.7 Å². The number of thiol groups is 2. The molecule has 0 aliphatic carbocycles. The van der Waals surface area contributed by atoms with Crippen molar-refractivity contribution in [1.82, 2.24) is 0 Å². The predicted octanol–water partition coefficient (Wildman–Crippen LogP) is 6.67. The molecule has 0 aliphatic heterocycles. The van der Waals surface area contributed by atoms with E-state index in [1.54, 1.807) is 51.1 Å². The van der Waals surface area contributed by atoms with E-state index in [9.17, 15) is 21.4 Å². The zero-order chi connectivity index (χ0) is 32.9. The maximum atomic E-state index is 11.4. The number of benzene rings is 2. The van der Waals surface area contributed by atoms with Gasteiger partial charge in [0, 0.05) is 17.0 Å². The Balaban J connectivity index is 2.39. The topological polar surface area (TPSA) is 203 Å². The zero-order valence-electron chi connectivity index (χ0n) is 24.3. The first kappa shape index (κ1) is 37.0. The molecule has 0 heterocycles. The van der Waals surface area contributed by atoms with E-state index in [-0.39, 0.29) is 34.3 Å². The summed E-state index contributed by atoms with van der Waals surface area (Å²) in [7, 11) is -8.50. The number of allylic oxidation sites excluding steroid dienone is 3. The average molecular weight is 686 g/mol. The second kappa shape index (κ2) is 17.3. The van der Waals surface area contributed by atoms with Crippen LogP contribution < -0.4 is 10.5 Å². The molecule has 2 aromatic rings. The van der Waals surface area contributed by atoms with E-state index in [1.165, 1.54) is 18.2 Å². The summed E-state index contributed by atoms with van der Waals surface area (Å²) in [5.74, 6) is 0.775. The van der Waals surface area contributed by atoms with Crippen LogP contribution in [0, 0.1) is 6.92 Å². The molecule has 0 saturated heterocycles. The molecule has 2 rings (SSSR count). The second-order valence-corrected chi connectivity index (χ2v) is 12.9. The van der Waals surface area contributed by atoms with Crippen LogP contribution in [0.3, 0.4) is 0 Å². The summed E-state index contributed by atoms with van der Waals surface area (Å²) in [5, 5.41) is 17.1. The number of rotatable bonds is 16. The van der Waals surface area contributed by atoms with Gasteiger partial charge in [-0.15, -0.1) is 22.9 Å². The van der Waals surface area contributed by atoms with E-state index >= 15 is 0 Å². The molecule has 0 unspecified atom stereocenters. The van der Waals surface area contributed by atoms with E-state index in [0.717, 1.165) is 0 Å². The molecular formula is C27H35N5O8S4. The highest BCUT2D eigenvalue weighted by Gasteiger charge is 2.13. The lowest BCUT2D eigenvalue weighted by Gasteiger charge is -2.11. The van der Waals surface area contributed by atoms with Gasteiger partial charge in [-0.1, -0.05) is 12.2 Å². The summed E-state index contributed by atoms with van der Waals surface area (Å²) in [6.07, 6.45) is 5.56. The predicted molar refractivity (Wildman–Crippen MR) is 174 cm³/mol. The third-order valence-corrected chi connectivity index (χ3v) is 7.92. The molecule has 0 saturated carbocycles. The monoisotopic (exact) mass is 685 g/mol. The highest BCUT2D eigenvalue weighted by Crippen LogP contribution is 2.37. The van der Waals surface area contributed by atoms with Crippen molar-refractivity contribution in [3.8, 4) is 5.75 Å². The number of ether oxygens (including phenoxy) is 2. The van der Waals surface area contributed by atoms with Gasteiger partial charge in [-0.25, -0.2) is 0 Å². The lowest BCUT2D eigenvalue weighted by Crippen LogP contribution is -2.10. The lowest BCUT2D eigenvalue weighted by molar-refractivity contribution is 0.219. The fourth-order valence-electron chi connectivity index (χ4n) is 3.26. The fourth-order valence-corrected chi connectivity index (χ4v) is 4.72. The smallest absolute Gasteiger partial charge is 0.294 e. The maximum absolute atomic E-state index is 11.4. The van der Waals surface area contributed by atoms with Gasteiger partial charge in [-0.05, 0) is 69.2 Å². The highest BCUT2D eigenvalue weighted by atomic mass is 32.2. The first-order chi connectivity index (χ1) is 20.7. The van der Waals surface area contributed by atoms with Gasteiger partial charge < -0.3 is 15.2 Å². The molecule has 13 nitrogen and oxygen atoms in total. The van der Waals surface area contributed by atoms with Crippen molar-refractivity contribution in [2.24, 2.45) is 26.2 Å². The van der Waals surface area contributed by atoms with Crippen LogP contribution in [0.2, 0.25) is 0 Å². The Morgan fingerprint density at radius 2 is 1.66 bits per heavy atom. The average Bonchev–Trinajstić information content (AvgIpc) is 2.95. The van der Waals surface area contributed by atoms with Crippen LogP contribution in [0.5, 0.6) is 5.75 Å². The minimum Gasteiger partial charge on any atom is -0.491 e. The number of nitrogens with two attached hydrogens (primary N) is 1. The SMILES string of the molecule is C/C=C(/C=C(OCCCS(=O)(=O)O)\C(N)=C/C)N=Nc1cc(C)c(N=Nc2ccc(S(=O)(=O)O)cc2S)cc1OCCCS. The van der Waals surface area contributed by atoms with E-state index in [2.05, 4.69) is 45.7 Å². The molecule has 0 fully saturated rings. The third-order valence-electron chi connectivity index (χ3n) is 5.60. The van der Waals surface area contributed by atoms with Crippen molar-refractivity contribution in [2.45, 2.75) is 43.4 Å². The first-order valence-corrected chi connectivity index (χ1v) is 17.2. The van der Waals surface area contributed by atoms with Gasteiger partial charge in [0.1, 0.15) is 17.2 Å². The van der Waals surface area contributed by atoms with Crippen molar-refractivity contribution < 1.29 is 35.4 Å². The Kier molecular flexibility index (Phi) is 14.5. The van der Waals surface area contributed by atoms with Crippen molar-refractivity contribution in [2.75, 3.05) is 24.7 Å². The Hall–Kier alpha value is -3.22. The summed E-state index contributed by atoms with van der Waals surface area (Å²) >= 11 is 8.47. The van der Waals surface area contributed by atoms with Gasteiger partial charge in [0.05, 0.1) is 46.6 Å². The standard InChI is InChI=1S/C27H35N5O8S4/c1-4-19(15-25(21(28)5-2)39-11-7-13-43(33,34)35)29-32-24-14-18(3)23(17-26(24)40-10-6-12-41)31-30-22-9-8-20(16-27(22)42)44(36,37)38/h4-5,8-9,14-17,41-42H,6-7,10-13,28H2,1-3H3,(H,33,34,35)(H,36,37,38)/b19-4-,21-5+,25-15+,31-30?,32-29?. The van der Waals surface area contributed by atoms with Gasteiger partial charge >= 0.3 is 0 Å². The van der Waals surface area contributed by atoms with Crippen LogP contribution in [0.1, 0.15) is 32.3 Å². The molecule has 17 heteroatoms. The maximum Gasteiger partial charge on any atom is 0.294 e. The van der Waals surface area contributed by atoms with Gasteiger partial charge in [-0.3, -0.25) is 9.11 Å². The van der Waals surface area contributed by atoms with Gasteiger partial charge in [0.2, 0.25) is 0 Å². The number of hydrogen-bond acceptors (Lipinski definition) is 13. The Labute approximate surface area is 268 Å². The molecule has 2 aromatic carbocycles. The van der Waals surface area contributed by atoms with Crippen LogP contribution >= 0.6 is 25.3 Å². The summed E-state index contributed by atoms with van der Waals surface area (Å²) in [6, 6.07) is 7.08. The summed E-state index contributed by atoms with van der Waals surface area (Å²) in [4.78, 5) is -0.115. The zero-order valence-corrected chi connectivity index (χ0v) is 27.7. The van der Waals surface area contributed by atoms with Crippen molar-refractivity contribution >= 4 is 62.6 Å². The van der Waals surface area contributed by atoms with Crippen LogP contribution in [0.15, 0.2) is 96.0 Å². The summed E-state index contributed by atoms with van der Waals surface area (Å²) in [6.45, 7) is 5.58. The largest absolute Gasteiger partial charge is 0.491 e. The number of aryl methyl sites for hydroxylation is 1. The molecule has 0 amide bonds. The van der Waals surface area contributed by atoms with E-state index in [0.29, 0.717) is 52.9 Å². The Morgan fingerprint density at radius 3 is 2.25 bits per heavy atom. The normalized spacial score (nSPS) is 13.7. The molecule has 0 spiro atoms. The Morgan fingerprint density at radius 1 is 0.955 bits per heavy atom. The fraction of sp³-hybridized carbons (Fsp3) is 0.333. The quantitative estimate of drug-likeness (QED) is 0.0319. The van der Waals surface area contributed by atoms with E-state index < -0.39 is 26.0 Å². The van der Waals surface area contributed by atoms with Crippen LogP contribution in [-0.2, 0) is 25.0 Å². The lowest BCUT2D eigenvalue weighted by atomic mass is 10.1. The number of hydrogen-bond donors (Lipinski definition) is 5. The Bertz CT molecular complexity index is 1690. The molecule has 44 heavy (non-hydrogen) atoms. The van der Waals surface area contributed by atoms with E-state index in [4.69, 9.17) is 19.8 Å². The molecule has 0 aromatic heterocycles. The van der Waals surface area contributed by atoms with Gasteiger partial charge in [0.15, 0.2) is 0 Å². The second-order valence-electron chi connectivity index (χ2n) is 9.01. The third kappa shape index (κ3) is 12.4. The number of azo groups is 2. The van der Waals surface area contributed by atoms with Gasteiger partial charge in [0.25, 0.3) is 20.2 Å². The highest BCUT2D eigenvalue weighted by molar-refractivity contribution is 7.86. The van der Waals surface area contributed by atoms with Crippen molar-refractivity contribution in [3.05, 3.63) is 71.3 Å². The van der Waals surface area contributed by atoms with Crippen molar-refractivity contribution in [1.29, 1.82) is 0 Å². The molecule has 0 aliphatic rings. The molecule has 240 valence electrons.